The number of nitrogens with zero attached hydrogens (tertiary/aromatic N) is 2. The van der Waals surface area contributed by atoms with Gasteiger partial charge >= 0.3 is 0 Å². The zero-order valence-corrected chi connectivity index (χ0v) is 12.3. The van der Waals surface area contributed by atoms with E-state index in [2.05, 4.69) is 36.1 Å². The van der Waals surface area contributed by atoms with E-state index in [0.29, 0.717) is 11.3 Å². The molecule has 0 bridgehead atoms. The monoisotopic (exact) mass is 253 g/mol. The van der Waals surface area contributed by atoms with Gasteiger partial charge in [-0.15, -0.1) is 0 Å². The number of aromatic nitrogens is 2. The average Bonchev–Trinajstić information content (AvgIpc) is 2.14. The van der Waals surface area contributed by atoms with E-state index < -0.39 is 0 Å². The van der Waals surface area contributed by atoms with Crippen LogP contribution in [0, 0.1) is 13.8 Å². The normalized spacial score (nSPS) is 14.6. The predicted octanol–water partition coefficient (Wildman–Crippen LogP) is 2.96. The van der Waals surface area contributed by atoms with Crippen LogP contribution >= 0.6 is 11.8 Å². The Balaban J connectivity index is 2.52. The van der Waals surface area contributed by atoms with Gasteiger partial charge in [-0.1, -0.05) is 25.6 Å². The van der Waals surface area contributed by atoms with Crippen LogP contribution < -0.4 is 5.32 Å². The van der Waals surface area contributed by atoms with Crippen LogP contribution in [0.25, 0.3) is 0 Å². The molecular formula is C13H23N3S. The summed E-state index contributed by atoms with van der Waals surface area (Å²) < 4.78 is 0. The van der Waals surface area contributed by atoms with Gasteiger partial charge in [-0.3, -0.25) is 0 Å². The second-order valence-electron chi connectivity index (χ2n) is 4.56. The molecule has 1 heterocycles. The van der Waals surface area contributed by atoms with Crippen LogP contribution in [0.5, 0.6) is 0 Å². The summed E-state index contributed by atoms with van der Waals surface area (Å²) >= 11 is 1.76. The molecule has 0 aromatic carbocycles. The van der Waals surface area contributed by atoms with Gasteiger partial charge in [0.25, 0.3) is 0 Å². The molecule has 2 atom stereocenters. The third-order valence-corrected chi connectivity index (χ3v) is 3.49. The van der Waals surface area contributed by atoms with Crippen LogP contribution in [-0.4, -0.2) is 27.8 Å². The van der Waals surface area contributed by atoms with Crippen molar-refractivity contribution in [3.8, 4) is 0 Å². The first-order chi connectivity index (χ1) is 8.01. The van der Waals surface area contributed by atoms with E-state index in [0.717, 1.165) is 29.5 Å². The fraction of sp³-hybridized carbons (Fsp3) is 0.692. The fourth-order valence-electron chi connectivity index (χ4n) is 1.90. The molecule has 17 heavy (non-hydrogen) atoms. The lowest BCUT2D eigenvalue weighted by Gasteiger charge is -2.17. The molecule has 0 aliphatic rings. The van der Waals surface area contributed by atoms with Gasteiger partial charge < -0.3 is 5.32 Å². The predicted molar refractivity (Wildman–Crippen MR) is 74.6 cm³/mol. The van der Waals surface area contributed by atoms with Crippen molar-refractivity contribution in [1.29, 1.82) is 0 Å². The number of thioether (sulfide) groups is 1. The maximum Gasteiger partial charge on any atom is 0.188 e. The van der Waals surface area contributed by atoms with E-state index in [1.54, 1.807) is 11.8 Å². The molecule has 4 heteroatoms. The van der Waals surface area contributed by atoms with Gasteiger partial charge in [0, 0.05) is 22.7 Å². The zero-order chi connectivity index (χ0) is 12.8. The first-order valence-electron chi connectivity index (χ1n) is 6.23. The van der Waals surface area contributed by atoms with Gasteiger partial charge in [0.15, 0.2) is 5.16 Å². The Kier molecular flexibility index (Phi) is 5.92. The number of hydrogen-bond acceptors (Lipinski definition) is 4. The van der Waals surface area contributed by atoms with Crippen LogP contribution in [0.1, 0.15) is 38.6 Å². The quantitative estimate of drug-likeness (QED) is 0.625. The third-order valence-electron chi connectivity index (χ3n) is 2.51. The van der Waals surface area contributed by atoms with E-state index >= 15 is 0 Å². The summed E-state index contributed by atoms with van der Waals surface area (Å²) in [6.45, 7) is 11.7. The summed E-state index contributed by atoms with van der Waals surface area (Å²) in [6, 6.07) is 2.56. The minimum absolute atomic E-state index is 0.533. The fourth-order valence-corrected chi connectivity index (χ4v) is 3.04. The van der Waals surface area contributed by atoms with Gasteiger partial charge in [-0.25, -0.2) is 9.97 Å². The molecule has 3 nitrogen and oxygen atoms in total. The lowest BCUT2D eigenvalue weighted by atomic mass is 10.2. The second-order valence-corrected chi connectivity index (χ2v) is 5.96. The Bertz CT molecular complexity index is 334. The topological polar surface area (TPSA) is 37.8 Å². The van der Waals surface area contributed by atoms with Gasteiger partial charge in [-0.05, 0) is 39.8 Å². The third kappa shape index (κ3) is 5.50. The van der Waals surface area contributed by atoms with E-state index in [9.17, 15) is 0 Å². The number of rotatable bonds is 6. The average molecular weight is 253 g/mol. The van der Waals surface area contributed by atoms with Crippen molar-refractivity contribution in [2.24, 2.45) is 0 Å². The smallest absolute Gasteiger partial charge is 0.188 e. The molecule has 1 N–H and O–H groups in total. The molecule has 0 radical (unpaired) electrons. The molecule has 1 aromatic heterocycles. The van der Waals surface area contributed by atoms with E-state index in [-0.39, 0.29) is 0 Å². The van der Waals surface area contributed by atoms with Crippen LogP contribution in [0.15, 0.2) is 11.2 Å². The molecule has 96 valence electrons. The molecule has 0 aliphatic heterocycles. The van der Waals surface area contributed by atoms with Gasteiger partial charge in [0.1, 0.15) is 0 Å². The van der Waals surface area contributed by atoms with E-state index in [1.807, 2.05) is 19.9 Å². The van der Waals surface area contributed by atoms with Crippen molar-refractivity contribution in [2.45, 2.75) is 57.5 Å². The molecule has 0 saturated carbocycles. The van der Waals surface area contributed by atoms with Crippen LogP contribution in [0.3, 0.4) is 0 Å². The Morgan fingerprint density at radius 2 is 1.82 bits per heavy atom. The van der Waals surface area contributed by atoms with Crippen LogP contribution in [0.4, 0.5) is 0 Å². The van der Waals surface area contributed by atoms with E-state index in [4.69, 9.17) is 0 Å². The van der Waals surface area contributed by atoms with Crippen molar-refractivity contribution in [3.05, 3.63) is 17.5 Å². The van der Waals surface area contributed by atoms with Crippen molar-refractivity contribution >= 4 is 11.8 Å². The minimum atomic E-state index is 0.533. The number of aryl methyl sites for hydroxylation is 2. The SMILES string of the molecule is CCNC(C)CC(C)Sc1nc(C)cc(C)n1. The summed E-state index contributed by atoms with van der Waals surface area (Å²) in [5.74, 6) is 0. The van der Waals surface area contributed by atoms with E-state index in [1.165, 1.54) is 0 Å². The zero-order valence-electron chi connectivity index (χ0n) is 11.4. The molecule has 0 fully saturated rings. The largest absolute Gasteiger partial charge is 0.314 e. The summed E-state index contributed by atoms with van der Waals surface area (Å²) in [5, 5.41) is 4.86. The highest BCUT2D eigenvalue weighted by Crippen LogP contribution is 2.23. The summed E-state index contributed by atoms with van der Waals surface area (Å²) in [7, 11) is 0. The van der Waals surface area contributed by atoms with Crippen LogP contribution in [-0.2, 0) is 0 Å². The van der Waals surface area contributed by atoms with Gasteiger partial charge in [0.2, 0.25) is 0 Å². The lowest BCUT2D eigenvalue weighted by molar-refractivity contribution is 0.529. The van der Waals surface area contributed by atoms with Crippen molar-refractivity contribution in [3.63, 3.8) is 0 Å². The summed E-state index contributed by atoms with van der Waals surface area (Å²) in [4.78, 5) is 8.92. The second kappa shape index (κ2) is 6.97. The summed E-state index contributed by atoms with van der Waals surface area (Å²) in [6.07, 6.45) is 1.13. The molecule has 2 unspecified atom stereocenters. The standard InChI is InChI=1S/C13H23N3S/c1-6-14-9(2)8-12(5)17-13-15-10(3)7-11(4)16-13/h7,9,12,14H,6,8H2,1-5H3. The van der Waals surface area contributed by atoms with Crippen molar-refractivity contribution in [2.75, 3.05) is 6.54 Å². The lowest BCUT2D eigenvalue weighted by Crippen LogP contribution is -2.28. The van der Waals surface area contributed by atoms with Crippen molar-refractivity contribution < 1.29 is 0 Å². The molecule has 0 aliphatic carbocycles. The highest BCUT2D eigenvalue weighted by atomic mass is 32.2. The highest BCUT2D eigenvalue weighted by Gasteiger charge is 2.11. The highest BCUT2D eigenvalue weighted by molar-refractivity contribution is 7.99. The number of nitrogens with one attached hydrogen (secondary N) is 1. The Morgan fingerprint density at radius 1 is 1.24 bits per heavy atom. The Morgan fingerprint density at radius 3 is 2.35 bits per heavy atom. The molecule has 1 rings (SSSR count). The molecule has 0 spiro atoms. The minimum Gasteiger partial charge on any atom is -0.314 e. The molecule has 0 amide bonds. The van der Waals surface area contributed by atoms with Crippen LogP contribution in [0.2, 0.25) is 0 Å². The molecule has 1 aromatic rings. The van der Waals surface area contributed by atoms with Gasteiger partial charge in [0.05, 0.1) is 0 Å². The maximum atomic E-state index is 4.46. The maximum absolute atomic E-state index is 4.46. The van der Waals surface area contributed by atoms with Gasteiger partial charge in [-0.2, -0.15) is 0 Å². The van der Waals surface area contributed by atoms with Crippen molar-refractivity contribution in [1.82, 2.24) is 15.3 Å². The Hall–Kier alpha value is -0.610. The summed E-state index contributed by atoms with van der Waals surface area (Å²) in [5.41, 5.74) is 2.10. The first-order valence-corrected chi connectivity index (χ1v) is 7.11. The molecular weight excluding hydrogens is 230 g/mol. The first kappa shape index (κ1) is 14.5. The molecule has 0 saturated heterocycles. The number of hydrogen-bond donors (Lipinski definition) is 1. The Labute approximate surface area is 109 Å².